The van der Waals surface area contributed by atoms with Gasteiger partial charge in [-0.25, -0.2) is 0 Å². The Morgan fingerprint density at radius 2 is 2.18 bits per heavy atom. The highest BCUT2D eigenvalue weighted by Gasteiger charge is 2.21. The summed E-state index contributed by atoms with van der Waals surface area (Å²) >= 11 is 5.32. The van der Waals surface area contributed by atoms with Crippen LogP contribution < -0.4 is 5.32 Å². The SMILES string of the molecule is Cc1cc(Br)cc(NC2=NC(C(C)C)CS2)c1. The Bertz CT molecular complexity index is 423. The quantitative estimate of drug-likeness (QED) is 0.880. The second-order valence-corrected chi connectivity index (χ2v) is 6.62. The summed E-state index contributed by atoms with van der Waals surface area (Å²) in [5.74, 6) is 1.71. The van der Waals surface area contributed by atoms with Crippen molar-refractivity contribution >= 4 is 38.5 Å². The van der Waals surface area contributed by atoms with Crippen LogP contribution in [-0.2, 0) is 0 Å². The number of nitrogens with zero attached hydrogens (tertiary/aromatic N) is 1. The molecule has 1 aliphatic rings. The highest BCUT2D eigenvalue weighted by molar-refractivity contribution is 9.10. The van der Waals surface area contributed by atoms with Crippen LogP contribution in [0, 0.1) is 12.8 Å². The van der Waals surface area contributed by atoms with E-state index in [1.165, 1.54) is 5.56 Å². The lowest BCUT2D eigenvalue weighted by molar-refractivity contribution is 0.543. The minimum absolute atomic E-state index is 0.454. The normalized spacial score (nSPS) is 19.6. The smallest absolute Gasteiger partial charge is 0.161 e. The molecule has 0 amide bonds. The van der Waals surface area contributed by atoms with Gasteiger partial charge in [-0.05, 0) is 36.6 Å². The Balaban J connectivity index is 2.09. The van der Waals surface area contributed by atoms with Gasteiger partial charge in [0.05, 0.1) is 6.04 Å². The Morgan fingerprint density at radius 3 is 2.76 bits per heavy atom. The van der Waals surface area contributed by atoms with Crippen molar-refractivity contribution in [3.05, 3.63) is 28.2 Å². The van der Waals surface area contributed by atoms with E-state index in [1.54, 1.807) is 0 Å². The van der Waals surface area contributed by atoms with E-state index >= 15 is 0 Å². The maximum Gasteiger partial charge on any atom is 0.161 e. The maximum absolute atomic E-state index is 4.70. The van der Waals surface area contributed by atoms with Gasteiger partial charge in [0.25, 0.3) is 0 Å². The molecule has 0 aliphatic carbocycles. The summed E-state index contributed by atoms with van der Waals surface area (Å²) in [6.45, 7) is 6.54. The van der Waals surface area contributed by atoms with Crippen molar-refractivity contribution in [2.45, 2.75) is 26.8 Å². The highest BCUT2D eigenvalue weighted by atomic mass is 79.9. The van der Waals surface area contributed by atoms with Crippen LogP contribution >= 0.6 is 27.7 Å². The molecule has 4 heteroatoms. The van der Waals surface area contributed by atoms with Crippen molar-refractivity contribution in [3.8, 4) is 0 Å². The molecule has 2 nitrogen and oxygen atoms in total. The van der Waals surface area contributed by atoms with Crippen LogP contribution in [-0.4, -0.2) is 17.0 Å². The molecule has 92 valence electrons. The second kappa shape index (κ2) is 5.44. The Hall–Kier alpha value is -0.480. The number of anilines is 1. The van der Waals surface area contributed by atoms with Crippen LogP contribution in [0.2, 0.25) is 0 Å². The largest absolute Gasteiger partial charge is 0.335 e. The Kier molecular flexibility index (Phi) is 4.15. The predicted molar refractivity (Wildman–Crippen MR) is 81.0 cm³/mol. The molecular formula is C13H17BrN2S. The summed E-state index contributed by atoms with van der Waals surface area (Å²) in [6.07, 6.45) is 0. The van der Waals surface area contributed by atoms with Crippen molar-refractivity contribution in [1.29, 1.82) is 0 Å². The number of hydrogen-bond acceptors (Lipinski definition) is 3. The van der Waals surface area contributed by atoms with E-state index in [9.17, 15) is 0 Å². The molecule has 17 heavy (non-hydrogen) atoms. The minimum Gasteiger partial charge on any atom is -0.335 e. The van der Waals surface area contributed by atoms with Gasteiger partial charge < -0.3 is 5.32 Å². The third kappa shape index (κ3) is 3.49. The third-order valence-corrected chi connectivity index (χ3v) is 4.18. The zero-order valence-electron chi connectivity index (χ0n) is 10.3. The van der Waals surface area contributed by atoms with Crippen molar-refractivity contribution in [2.75, 3.05) is 11.1 Å². The fourth-order valence-electron chi connectivity index (χ4n) is 1.73. The van der Waals surface area contributed by atoms with Gasteiger partial charge in [0.1, 0.15) is 0 Å². The van der Waals surface area contributed by atoms with Crippen molar-refractivity contribution in [2.24, 2.45) is 10.9 Å². The lowest BCUT2D eigenvalue weighted by Crippen LogP contribution is -2.12. The molecule has 1 heterocycles. The molecule has 0 fully saturated rings. The summed E-state index contributed by atoms with van der Waals surface area (Å²) in [5.41, 5.74) is 2.35. The number of hydrogen-bond donors (Lipinski definition) is 1. The van der Waals surface area contributed by atoms with Gasteiger partial charge in [0.15, 0.2) is 5.17 Å². The molecule has 1 aliphatic heterocycles. The van der Waals surface area contributed by atoms with Gasteiger partial charge >= 0.3 is 0 Å². The Morgan fingerprint density at radius 1 is 1.41 bits per heavy atom. The van der Waals surface area contributed by atoms with Crippen molar-refractivity contribution in [3.63, 3.8) is 0 Å². The van der Waals surface area contributed by atoms with Crippen LogP contribution in [0.1, 0.15) is 19.4 Å². The van der Waals surface area contributed by atoms with Crippen molar-refractivity contribution in [1.82, 2.24) is 0 Å². The zero-order valence-corrected chi connectivity index (χ0v) is 12.7. The number of thioether (sulfide) groups is 1. The van der Waals surface area contributed by atoms with Gasteiger partial charge in [0, 0.05) is 15.9 Å². The number of rotatable bonds is 2. The van der Waals surface area contributed by atoms with E-state index in [1.807, 2.05) is 11.8 Å². The zero-order chi connectivity index (χ0) is 12.4. The summed E-state index contributed by atoms with van der Waals surface area (Å²) in [5, 5.41) is 4.43. The number of halogens is 1. The lowest BCUT2D eigenvalue weighted by atomic mass is 10.1. The van der Waals surface area contributed by atoms with Gasteiger partial charge in [-0.15, -0.1) is 0 Å². The lowest BCUT2D eigenvalue weighted by Gasteiger charge is -2.08. The van der Waals surface area contributed by atoms with Gasteiger partial charge in [0.2, 0.25) is 0 Å². The average Bonchev–Trinajstić information content (AvgIpc) is 2.64. The van der Waals surface area contributed by atoms with E-state index in [-0.39, 0.29) is 0 Å². The van der Waals surface area contributed by atoms with Crippen LogP contribution in [0.4, 0.5) is 5.69 Å². The Labute approximate surface area is 115 Å². The standard InChI is InChI=1S/C13H17BrN2S/c1-8(2)12-7-17-13(16-12)15-11-5-9(3)4-10(14)6-11/h4-6,8,12H,7H2,1-3H3,(H,15,16). The molecule has 1 unspecified atom stereocenters. The molecule has 0 aromatic heterocycles. The monoisotopic (exact) mass is 312 g/mol. The topological polar surface area (TPSA) is 24.4 Å². The molecule has 1 atom stereocenters. The number of aryl methyl sites for hydroxylation is 1. The first-order valence-corrected chi connectivity index (χ1v) is 7.57. The van der Waals surface area contributed by atoms with Crippen LogP contribution in [0.5, 0.6) is 0 Å². The second-order valence-electron chi connectivity index (χ2n) is 4.70. The maximum atomic E-state index is 4.70. The first-order chi connectivity index (χ1) is 8.04. The summed E-state index contributed by atoms with van der Waals surface area (Å²) in [7, 11) is 0. The molecule has 1 aromatic carbocycles. The number of amidine groups is 1. The molecule has 0 radical (unpaired) electrons. The summed E-state index contributed by atoms with van der Waals surface area (Å²) in [4.78, 5) is 4.70. The number of benzene rings is 1. The number of nitrogens with one attached hydrogen (secondary N) is 1. The van der Waals surface area contributed by atoms with Gasteiger partial charge in [-0.3, -0.25) is 4.99 Å². The van der Waals surface area contributed by atoms with E-state index in [2.05, 4.69) is 60.2 Å². The summed E-state index contributed by atoms with van der Waals surface area (Å²) in [6, 6.07) is 6.77. The van der Waals surface area contributed by atoms with E-state index in [4.69, 9.17) is 4.99 Å². The van der Waals surface area contributed by atoms with Crippen LogP contribution in [0.3, 0.4) is 0 Å². The van der Waals surface area contributed by atoms with E-state index in [0.29, 0.717) is 12.0 Å². The predicted octanol–water partition coefficient (Wildman–Crippen LogP) is 4.30. The fraction of sp³-hybridized carbons (Fsp3) is 0.462. The molecule has 0 spiro atoms. The number of aliphatic imine (C=N–C) groups is 1. The average molecular weight is 313 g/mol. The molecular weight excluding hydrogens is 296 g/mol. The van der Waals surface area contributed by atoms with Gasteiger partial charge in [-0.2, -0.15) is 0 Å². The first kappa shape index (κ1) is 13.0. The van der Waals surface area contributed by atoms with Crippen LogP contribution in [0.25, 0.3) is 0 Å². The molecule has 1 N–H and O–H groups in total. The molecule has 1 aromatic rings. The molecule has 0 saturated carbocycles. The summed E-state index contributed by atoms with van der Waals surface area (Å²) < 4.78 is 1.10. The fourth-order valence-corrected chi connectivity index (χ4v) is 3.53. The van der Waals surface area contributed by atoms with Crippen molar-refractivity contribution < 1.29 is 0 Å². The molecule has 0 saturated heterocycles. The van der Waals surface area contributed by atoms with Gasteiger partial charge in [-0.1, -0.05) is 41.5 Å². The van der Waals surface area contributed by atoms with E-state index in [0.717, 1.165) is 21.1 Å². The van der Waals surface area contributed by atoms with Crippen LogP contribution in [0.15, 0.2) is 27.7 Å². The third-order valence-electron chi connectivity index (χ3n) is 2.74. The molecule has 0 bridgehead atoms. The minimum atomic E-state index is 0.454. The van der Waals surface area contributed by atoms with E-state index < -0.39 is 0 Å². The highest BCUT2D eigenvalue weighted by Crippen LogP contribution is 2.26. The first-order valence-electron chi connectivity index (χ1n) is 5.79. The molecule has 2 rings (SSSR count).